The minimum absolute atomic E-state index is 0.0700. The number of aromatic nitrogens is 4. The summed E-state index contributed by atoms with van der Waals surface area (Å²) in [6.45, 7) is 7.83. The summed E-state index contributed by atoms with van der Waals surface area (Å²) in [5.41, 5.74) is 3.06. The number of carbonyl (C=O) groups is 1. The fourth-order valence-electron chi connectivity index (χ4n) is 3.48. The van der Waals surface area contributed by atoms with Crippen LogP contribution in [0, 0.1) is 0 Å². The van der Waals surface area contributed by atoms with Crippen LogP contribution in [0.15, 0.2) is 36.7 Å². The average molecular weight is 467 g/mol. The van der Waals surface area contributed by atoms with Gasteiger partial charge in [-0.2, -0.15) is 5.10 Å². The number of hydrogen-bond donors (Lipinski definition) is 2. The molecule has 10 heteroatoms. The van der Waals surface area contributed by atoms with E-state index in [0.717, 1.165) is 22.5 Å². The van der Waals surface area contributed by atoms with E-state index in [1.165, 1.54) is 0 Å². The first-order chi connectivity index (χ1) is 16.3. The smallest absolute Gasteiger partial charge is 0.258 e. The highest BCUT2D eigenvalue weighted by atomic mass is 16.5. The van der Waals surface area contributed by atoms with Gasteiger partial charge in [-0.25, -0.2) is 9.97 Å². The van der Waals surface area contributed by atoms with Crippen molar-refractivity contribution in [2.24, 2.45) is 0 Å². The van der Waals surface area contributed by atoms with Gasteiger partial charge in [0.15, 0.2) is 12.4 Å². The van der Waals surface area contributed by atoms with E-state index in [-0.39, 0.29) is 18.1 Å². The van der Waals surface area contributed by atoms with E-state index in [9.17, 15) is 4.79 Å². The molecule has 1 amide bonds. The van der Waals surface area contributed by atoms with Gasteiger partial charge in [0.25, 0.3) is 5.91 Å². The number of anilines is 2. The van der Waals surface area contributed by atoms with E-state index in [2.05, 4.69) is 15.7 Å². The molecule has 0 saturated carbocycles. The minimum Gasteiger partial charge on any atom is -0.484 e. The van der Waals surface area contributed by atoms with Crippen LogP contribution in [0.1, 0.15) is 32.0 Å². The Morgan fingerprint density at radius 2 is 2.09 bits per heavy atom. The number of methoxy groups -OCH3 is 1. The number of nitrogens with one attached hydrogen (secondary N) is 2. The van der Waals surface area contributed by atoms with Crippen LogP contribution in [0.3, 0.4) is 0 Å². The second-order valence-electron chi connectivity index (χ2n) is 9.04. The summed E-state index contributed by atoms with van der Waals surface area (Å²) in [6, 6.07) is 7.39. The van der Waals surface area contributed by atoms with E-state index in [4.69, 9.17) is 24.2 Å². The second kappa shape index (κ2) is 10.2. The Kier molecular flexibility index (Phi) is 7.09. The zero-order valence-corrected chi connectivity index (χ0v) is 19.9. The lowest BCUT2D eigenvalue weighted by Gasteiger charge is -2.20. The predicted molar refractivity (Wildman–Crippen MR) is 127 cm³/mol. The van der Waals surface area contributed by atoms with Gasteiger partial charge in [-0.1, -0.05) is 12.1 Å². The number of carbonyl (C=O) groups excluding carboxylic acids is 1. The Morgan fingerprint density at radius 3 is 2.88 bits per heavy atom. The summed E-state index contributed by atoms with van der Waals surface area (Å²) >= 11 is 0. The Labute approximate surface area is 198 Å². The summed E-state index contributed by atoms with van der Waals surface area (Å²) in [5, 5.41) is 10.6. The zero-order chi connectivity index (χ0) is 24.1. The van der Waals surface area contributed by atoms with Crippen LogP contribution in [0.5, 0.6) is 5.75 Å². The molecule has 0 fully saturated rings. The fraction of sp³-hybridized carbons (Fsp3) is 0.417. The molecule has 0 radical (unpaired) electrons. The van der Waals surface area contributed by atoms with Crippen LogP contribution in [0.4, 0.5) is 11.5 Å². The lowest BCUT2D eigenvalue weighted by Crippen LogP contribution is -2.43. The van der Waals surface area contributed by atoms with Crippen molar-refractivity contribution in [1.29, 1.82) is 0 Å². The molecular weight excluding hydrogens is 436 g/mol. The van der Waals surface area contributed by atoms with Crippen molar-refractivity contribution in [1.82, 2.24) is 25.1 Å². The van der Waals surface area contributed by atoms with Gasteiger partial charge >= 0.3 is 0 Å². The Morgan fingerprint density at radius 1 is 1.24 bits per heavy atom. The third kappa shape index (κ3) is 6.09. The molecular formula is C24H30N6O4. The summed E-state index contributed by atoms with van der Waals surface area (Å²) in [4.78, 5) is 21.6. The molecule has 3 heterocycles. The standard InChI is InChI=1S/C24H30N6O4/c1-24(2,3)29-21(31)15-34-18-7-5-6-16(10-18)22-27-20-14-33-13-19(20)23(28-22)26-17-11-25-30(12-17)8-9-32-4/h5-7,10-12H,8-9,13-15H2,1-4H3,(H,29,31)(H,26,27,28). The van der Waals surface area contributed by atoms with Crippen LogP contribution in [0.2, 0.25) is 0 Å². The topological polar surface area (TPSA) is 112 Å². The predicted octanol–water partition coefficient (Wildman–Crippen LogP) is 3.05. The molecule has 34 heavy (non-hydrogen) atoms. The molecule has 0 atom stereocenters. The molecule has 1 aromatic carbocycles. The van der Waals surface area contributed by atoms with Gasteiger partial charge in [0.05, 0.1) is 43.9 Å². The number of ether oxygens (including phenoxy) is 3. The van der Waals surface area contributed by atoms with E-state index >= 15 is 0 Å². The molecule has 0 saturated heterocycles. The van der Waals surface area contributed by atoms with Crippen molar-refractivity contribution in [3.8, 4) is 17.1 Å². The number of fused-ring (bicyclic) bond motifs is 1. The van der Waals surface area contributed by atoms with Crippen LogP contribution >= 0.6 is 0 Å². The number of nitrogens with zero attached hydrogens (tertiary/aromatic N) is 4. The first kappa shape index (κ1) is 23.7. The molecule has 3 aromatic rings. The van der Waals surface area contributed by atoms with Gasteiger partial charge in [0, 0.05) is 30.0 Å². The normalized spacial score (nSPS) is 12.9. The highest BCUT2D eigenvalue weighted by Gasteiger charge is 2.21. The molecule has 0 bridgehead atoms. The molecule has 1 aliphatic heterocycles. The lowest BCUT2D eigenvalue weighted by atomic mass is 10.1. The van der Waals surface area contributed by atoms with E-state index in [0.29, 0.717) is 43.8 Å². The van der Waals surface area contributed by atoms with E-state index in [1.807, 2.05) is 45.2 Å². The van der Waals surface area contributed by atoms with Gasteiger partial charge in [0.2, 0.25) is 0 Å². The van der Waals surface area contributed by atoms with Crippen molar-refractivity contribution in [2.75, 3.05) is 25.6 Å². The van der Waals surface area contributed by atoms with E-state index < -0.39 is 0 Å². The van der Waals surface area contributed by atoms with Crippen LogP contribution in [-0.2, 0) is 34.0 Å². The summed E-state index contributed by atoms with van der Waals surface area (Å²) in [6.07, 6.45) is 3.65. The third-order valence-corrected chi connectivity index (χ3v) is 4.98. The second-order valence-corrected chi connectivity index (χ2v) is 9.04. The quantitative estimate of drug-likeness (QED) is 0.495. The first-order valence-corrected chi connectivity index (χ1v) is 11.1. The largest absolute Gasteiger partial charge is 0.484 e. The number of amides is 1. The summed E-state index contributed by atoms with van der Waals surface area (Å²) in [7, 11) is 1.66. The average Bonchev–Trinajstić information content (AvgIpc) is 3.45. The molecule has 4 rings (SSSR count). The maximum Gasteiger partial charge on any atom is 0.258 e. The molecule has 2 aromatic heterocycles. The van der Waals surface area contributed by atoms with Gasteiger partial charge in [0.1, 0.15) is 11.6 Å². The molecule has 0 spiro atoms. The third-order valence-electron chi connectivity index (χ3n) is 4.98. The first-order valence-electron chi connectivity index (χ1n) is 11.1. The van der Waals surface area contributed by atoms with Crippen molar-refractivity contribution < 1.29 is 19.0 Å². The van der Waals surface area contributed by atoms with Crippen molar-refractivity contribution in [3.05, 3.63) is 47.9 Å². The maximum atomic E-state index is 12.1. The zero-order valence-electron chi connectivity index (χ0n) is 19.9. The molecule has 10 nitrogen and oxygen atoms in total. The van der Waals surface area contributed by atoms with E-state index in [1.54, 1.807) is 24.1 Å². The number of hydrogen-bond acceptors (Lipinski definition) is 8. The SMILES string of the molecule is COCCn1cc(Nc2nc(-c3cccc(OCC(=O)NC(C)(C)C)c3)nc3c2COC3)cn1. The fourth-order valence-corrected chi connectivity index (χ4v) is 3.48. The van der Waals surface area contributed by atoms with Gasteiger partial charge in [-0.15, -0.1) is 0 Å². The Hall–Kier alpha value is -3.50. The molecule has 0 unspecified atom stereocenters. The summed E-state index contributed by atoms with van der Waals surface area (Å²) in [5.74, 6) is 1.61. The lowest BCUT2D eigenvalue weighted by molar-refractivity contribution is -0.124. The highest BCUT2D eigenvalue weighted by molar-refractivity contribution is 5.78. The number of rotatable bonds is 9. The van der Waals surface area contributed by atoms with Gasteiger partial charge < -0.3 is 24.8 Å². The highest BCUT2D eigenvalue weighted by Crippen LogP contribution is 2.30. The Balaban J connectivity index is 1.53. The molecule has 0 aliphatic carbocycles. The van der Waals surface area contributed by atoms with Gasteiger partial charge in [-0.05, 0) is 32.9 Å². The Bertz CT molecular complexity index is 1150. The molecule has 1 aliphatic rings. The monoisotopic (exact) mass is 466 g/mol. The number of benzene rings is 1. The van der Waals surface area contributed by atoms with Crippen LogP contribution < -0.4 is 15.4 Å². The minimum atomic E-state index is -0.313. The van der Waals surface area contributed by atoms with Crippen molar-refractivity contribution in [3.63, 3.8) is 0 Å². The summed E-state index contributed by atoms with van der Waals surface area (Å²) < 4.78 is 18.2. The van der Waals surface area contributed by atoms with Crippen LogP contribution in [-0.4, -0.2) is 51.5 Å². The maximum absolute atomic E-state index is 12.1. The molecule has 180 valence electrons. The van der Waals surface area contributed by atoms with Crippen LogP contribution in [0.25, 0.3) is 11.4 Å². The van der Waals surface area contributed by atoms with Gasteiger partial charge in [-0.3, -0.25) is 9.48 Å². The molecule has 2 N–H and O–H groups in total. The van der Waals surface area contributed by atoms with Crippen molar-refractivity contribution in [2.45, 2.75) is 46.1 Å². The van der Waals surface area contributed by atoms with Crippen molar-refractivity contribution >= 4 is 17.4 Å².